The summed E-state index contributed by atoms with van der Waals surface area (Å²) in [5.74, 6) is 1.10. The Morgan fingerprint density at radius 1 is 1.11 bits per heavy atom. The molecular formula is C16H17N3. The molecule has 0 spiro atoms. The minimum Gasteiger partial charge on any atom is -0.233 e. The Hall–Kier alpha value is -2.21. The van der Waals surface area contributed by atoms with Crippen LogP contribution in [0.4, 0.5) is 0 Å². The van der Waals surface area contributed by atoms with Gasteiger partial charge in [0, 0.05) is 11.6 Å². The molecule has 0 aliphatic heterocycles. The van der Waals surface area contributed by atoms with Crippen LogP contribution in [0.5, 0.6) is 0 Å². The fourth-order valence-electron chi connectivity index (χ4n) is 2.04. The molecule has 0 bridgehead atoms. The molecule has 0 radical (unpaired) electrons. The molecule has 0 N–H and O–H groups in total. The van der Waals surface area contributed by atoms with Gasteiger partial charge in [-0.05, 0) is 37.0 Å². The van der Waals surface area contributed by atoms with Crippen molar-refractivity contribution in [3.63, 3.8) is 0 Å². The lowest BCUT2D eigenvalue weighted by Gasteiger charge is -2.11. The zero-order valence-electron chi connectivity index (χ0n) is 11.7. The summed E-state index contributed by atoms with van der Waals surface area (Å²) >= 11 is 0. The molecule has 3 heteroatoms. The summed E-state index contributed by atoms with van der Waals surface area (Å²) in [4.78, 5) is 8.54. The van der Waals surface area contributed by atoms with E-state index in [9.17, 15) is 0 Å². The number of aryl methyl sites for hydroxylation is 2. The molecule has 2 rings (SSSR count). The van der Waals surface area contributed by atoms with Crippen LogP contribution in [-0.2, 0) is 0 Å². The Kier molecular flexibility index (Phi) is 3.62. The predicted octanol–water partition coefficient (Wildman–Crippen LogP) is 3.76. The molecule has 0 atom stereocenters. The molecule has 1 aromatic heterocycles. The quantitative estimate of drug-likeness (QED) is 0.816. The highest BCUT2D eigenvalue weighted by molar-refractivity contribution is 5.65. The first-order valence-electron chi connectivity index (χ1n) is 6.38. The van der Waals surface area contributed by atoms with Gasteiger partial charge in [0.25, 0.3) is 0 Å². The van der Waals surface area contributed by atoms with Crippen molar-refractivity contribution >= 4 is 0 Å². The fourth-order valence-corrected chi connectivity index (χ4v) is 2.04. The van der Waals surface area contributed by atoms with Gasteiger partial charge in [0.15, 0.2) is 0 Å². The second-order valence-corrected chi connectivity index (χ2v) is 5.03. The van der Waals surface area contributed by atoms with Crippen LogP contribution in [0.25, 0.3) is 11.3 Å². The Balaban J connectivity index is 2.61. The lowest BCUT2D eigenvalue weighted by atomic mass is 9.96. The van der Waals surface area contributed by atoms with E-state index in [0.717, 1.165) is 16.8 Å². The maximum absolute atomic E-state index is 9.01. The number of nitrogens with zero attached hydrogens (tertiary/aromatic N) is 3. The van der Waals surface area contributed by atoms with Crippen LogP contribution in [-0.4, -0.2) is 9.97 Å². The standard InChI is InChI=1S/C16H17N3/c1-10(2)13-6-5-11(3)15(7-13)16-8-14(9-17)18-12(4)19-16/h5-8,10H,1-4H3. The van der Waals surface area contributed by atoms with Gasteiger partial charge in [0.1, 0.15) is 17.6 Å². The number of hydrogen-bond acceptors (Lipinski definition) is 3. The number of nitriles is 1. The molecule has 96 valence electrons. The molecule has 0 unspecified atom stereocenters. The minimum absolute atomic E-state index is 0.414. The summed E-state index contributed by atoms with van der Waals surface area (Å²) in [7, 11) is 0. The van der Waals surface area contributed by atoms with E-state index in [4.69, 9.17) is 5.26 Å². The molecule has 0 saturated carbocycles. The van der Waals surface area contributed by atoms with Gasteiger partial charge < -0.3 is 0 Å². The first kappa shape index (κ1) is 13.2. The fraction of sp³-hybridized carbons (Fsp3) is 0.312. The Morgan fingerprint density at radius 3 is 2.47 bits per heavy atom. The van der Waals surface area contributed by atoms with Gasteiger partial charge in [0.2, 0.25) is 0 Å². The third kappa shape index (κ3) is 2.79. The topological polar surface area (TPSA) is 49.6 Å². The molecule has 19 heavy (non-hydrogen) atoms. The third-order valence-corrected chi connectivity index (χ3v) is 3.16. The SMILES string of the molecule is Cc1nc(C#N)cc(-c2cc(C(C)C)ccc2C)n1. The van der Waals surface area contributed by atoms with Crippen molar-refractivity contribution in [2.45, 2.75) is 33.6 Å². The lowest BCUT2D eigenvalue weighted by molar-refractivity contribution is 0.866. The van der Waals surface area contributed by atoms with Crippen molar-refractivity contribution in [3.8, 4) is 17.3 Å². The molecule has 3 nitrogen and oxygen atoms in total. The van der Waals surface area contributed by atoms with Gasteiger partial charge in [-0.2, -0.15) is 5.26 Å². The summed E-state index contributed by atoms with van der Waals surface area (Å²) in [5.41, 5.74) is 4.75. The second-order valence-electron chi connectivity index (χ2n) is 5.03. The zero-order chi connectivity index (χ0) is 14.0. The van der Waals surface area contributed by atoms with Crippen molar-refractivity contribution in [1.29, 1.82) is 5.26 Å². The average molecular weight is 251 g/mol. The van der Waals surface area contributed by atoms with E-state index in [-0.39, 0.29) is 0 Å². The molecule has 2 aromatic rings. The first-order chi connectivity index (χ1) is 9.01. The number of benzene rings is 1. The molecule has 1 heterocycles. The van der Waals surface area contributed by atoms with Gasteiger partial charge in [-0.15, -0.1) is 0 Å². The van der Waals surface area contributed by atoms with Gasteiger partial charge in [-0.1, -0.05) is 26.0 Å². The van der Waals surface area contributed by atoms with Gasteiger partial charge in [-0.25, -0.2) is 9.97 Å². The van der Waals surface area contributed by atoms with Crippen LogP contribution in [0.2, 0.25) is 0 Å². The van der Waals surface area contributed by atoms with Crippen LogP contribution in [0.1, 0.15) is 42.4 Å². The molecule has 0 fully saturated rings. The van der Waals surface area contributed by atoms with Crippen molar-refractivity contribution in [3.05, 3.63) is 46.9 Å². The second kappa shape index (κ2) is 5.19. The van der Waals surface area contributed by atoms with E-state index in [1.54, 1.807) is 6.07 Å². The van der Waals surface area contributed by atoms with E-state index in [0.29, 0.717) is 17.4 Å². The first-order valence-corrected chi connectivity index (χ1v) is 6.38. The lowest BCUT2D eigenvalue weighted by Crippen LogP contribution is -1.97. The van der Waals surface area contributed by atoms with Crippen molar-refractivity contribution in [2.75, 3.05) is 0 Å². The van der Waals surface area contributed by atoms with Gasteiger partial charge in [0.05, 0.1) is 5.69 Å². The summed E-state index contributed by atoms with van der Waals surface area (Å²) in [6.07, 6.45) is 0. The summed E-state index contributed by atoms with van der Waals surface area (Å²) in [6, 6.07) is 10.2. The third-order valence-electron chi connectivity index (χ3n) is 3.16. The van der Waals surface area contributed by atoms with E-state index in [2.05, 4.69) is 55.0 Å². The monoisotopic (exact) mass is 251 g/mol. The number of hydrogen-bond donors (Lipinski definition) is 0. The van der Waals surface area contributed by atoms with Crippen molar-refractivity contribution in [1.82, 2.24) is 9.97 Å². The highest BCUT2D eigenvalue weighted by Crippen LogP contribution is 2.26. The van der Waals surface area contributed by atoms with Crippen LogP contribution in [0, 0.1) is 25.2 Å². The predicted molar refractivity (Wildman–Crippen MR) is 75.7 cm³/mol. The van der Waals surface area contributed by atoms with E-state index in [1.165, 1.54) is 5.56 Å². The smallest absolute Gasteiger partial charge is 0.144 e. The molecule has 0 saturated heterocycles. The number of rotatable bonds is 2. The highest BCUT2D eigenvalue weighted by Gasteiger charge is 2.09. The minimum atomic E-state index is 0.414. The maximum Gasteiger partial charge on any atom is 0.144 e. The number of aromatic nitrogens is 2. The summed E-state index contributed by atoms with van der Waals surface area (Å²) in [6.45, 7) is 8.20. The van der Waals surface area contributed by atoms with Crippen molar-refractivity contribution in [2.24, 2.45) is 0 Å². The molecule has 0 aliphatic carbocycles. The maximum atomic E-state index is 9.01. The Morgan fingerprint density at radius 2 is 1.84 bits per heavy atom. The average Bonchev–Trinajstić information content (AvgIpc) is 2.38. The van der Waals surface area contributed by atoms with E-state index in [1.807, 2.05) is 6.92 Å². The van der Waals surface area contributed by atoms with Gasteiger partial charge >= 0.3 is 0 Å². The molecule has 0 aliphatic rings. The summed E-state index contributed by atoms with van der Waals surface area (Å²) < 4.78 is 0. The van der Waals surface area contributed by atoms with Crippen LogP contribution < -0.4 is 0 Å². The van der Waals surface area contributed by atoms with Crippen molar-refractivity contribution < 1.29 is 0 Å². The molecule has 0 amide bonds. The van der Waals surface area contributed by atoms with Crippen LogP contribution in [0.15, 0.2) is 24.3 Å². The normalized spacial score (nSPS) is 10.5. The Bertz CT molecular complexity index is 652. The largest absolute Gasteiger partial charge is 0.233 e. The highest BCUT2D eigenvalue weighted by atomic mass is 14.9. The van der Waals surface area contributed by atoms with Crippen LogP contribution in [0.3, 0.4) is 0 Å². The van der Waals surface area contributed by atoms with Crippen LogP contribution >= 0.6 is 0 Å². The zero-order valence-corrected chi connectivity index (χ0v) is 11.7. The summed E-state index contributed by atoms with van der Waals surface area (Å²) in [5, 5.41) is 9.01. The van der Waals surface area contributed by atoms with E-state index >= 15 is 0 Å². The Labute approximate surface area is 114 Å². The molecular weight excluding hydrogens is 234 g/mol. The van der Waals surface area contributed by atoms with Gasteiger partial charge in [-0.3, -0.25) is 0 Å². The molecule has 1 aromatic carbocycles. The van der Waals surface area contributed by atoms with E-state index < -0.39 is 0 Å².